The Kier molecular flexibility index (Phi) is 3.12. The molecule has 1 heterocycles. The van der Waals surface area contributed by atoms with Crippen molar-refractivity contribution in [1.29, 1.82) is 0 Å². The SMILES string of the molecule is C=C(CC)NC(=O)C1ON(O)c2ccccc21. The fraction of sp³-hybridized carbons (Fsp3) is 0.250. The first kappa shape index (κ1) is 11.6. The maximum absolute atomic E-state index is 11.9. The molecule has 0 bridgehead atoms. The third-order valence-corrected chi connectivity index (χ3v) is 2.60. The lowest BCUT2D eigenvalue weighted by Crippen LogP contribution is -2.29. The van der Waals surface area contributed by atoms with Gasteiger partial charge in [0.15, 0.2) is 6.10 Å². The number of amides is 1. The predicted molar refractivity (Wildman–Crippen MR) is 62.1 cm³/mol. The van der Waals surface area contributed by atoms with Crippen LogP contribution in [0.15, 0.2) is 36.5 Å². The Hall–Kier alpha value is -1.85. The van der Waals surface area contributed by atoms with Crippen molar-refractivity contribution in [2.24, 2.45) is 0 Å². The third-order valence-electron chi connectivity index (χ3n) is 2.60. The number of fused-ring (bicyclic) bond motifs is 1. The zero-order valence-electron chi connectivity index (χ0n) is 9.51. The Bertz CT molecular complexity index is 459. The van der Waals surface area contributed by atoms with Crippen molar-refractivity contribution in [3.63, 3.8) is 0 Å². The van der Waals surface area contributed by atoms with Crippen molar-refractivity contribution in [3.05, 3.63) is 42.1 Å². The van der Waals surface area contributed by atoms with Crippen LogP contribution < -0.4 is 10.5 Å². The Morgan fingerprint density at radius 2 is 2.29 bits per heavy atom. The second-order valence-electron chi connectivity index (χ2n) is 3.76. The van der Waals surface area contributed by atoms with Crippen LogP contribution in [-0.2, 0) is 9.63 Å². The fourth-order valence-corrected chi connectivity index (χ4v) is 1.61. The Balaban J connectivity index is 2.20. The molecule has 1 aliphatic rings. The molecule has 1 unspecified atom stereocenters. The van der Waals surface area contributed by atoms with E-state index in [1.165, 1.54) is 0 Å². The number of allylic oxidation sites excluding steroid dienone is 1. The van der Waals surface area contributed by atoms with Gasteiger partial charge in [0.05, 0.1) is 0 Å². The molecule has 0 aromatic heterocycles. The van der Waals surface area contributed by atoms with Gasteiger partial charge in [-0.05, 0) is 12.5 Å². The van der Waals surface area contributed by atoms with E-state index in [4.69, 9.17) is 4.84 Å². The standard InChI is InChI=1S/C12H14N2O3/c1-3-8(2)13-12(15)11-9-6-4-5-7-10(9)14(16)17-11/h4-7,11,16H,2-3H2,1H3,(H,13,15). The van der Waals surface area contributed by atoms with E-state index in [1.54, 1.807) is 24.3 Å². The van der Waals surface area contributed by atoms with Crippen molar-refractivity contribution < 1.29 is 14.8 Å². The van der Waals surface area contributed by atoms with E-state index in [9.17, 15) is 10.0 Å². The number of rotatable bonds is 3. The second kappa shape index (κ2) is 4.57. The fourth-order valence-electron chi connectivity index (χ4n) is 1.61. The Morgan fingerprint density at radius 1 is 1.59 bits per heavy atom. The molecule has 1 aromatic rings. The number of para-hydroxylation sites is 1. The molecule has 0 spiro atoms. The maximum atomic E-state index is 11.9. The first-order chi connectivity index (χ1) is 8.13. The highest BCUT2D eigenvalue weighted by Crippen LogP contribution is 2.36. The largest absolute Gasteiger partial charge is 0.328 e. The number of nitrogens with zero attached hydrogens (tertiary/aromatic N) is 1. The Labute approximate surface area is 99.2 Å². The lowest BCUT2D eigenvalue weighted by atomic mass is 10.1. The third kappa shape index (κ3) is 2.15. The van der Waals surface area contributed by atoms with Gasteiger partial charge in [0.2, 0.25) is 0 Å². The molecule has 1 aromatic carbocycles. The molecule has 0 aliphatic carbocycles. The molecular formula is C12H14N2O3. The molecular weight excluding hydrogens is 220 g/mol. The normalized spacial score (nSPS) is 17.8. The molecule has 17 heavy (non-hydrogen) atoms. The number of hydrogen-bond acceptors (Lipinski definition) is 4. The average molecular weight is 234 g/mol. The number of benzene rings is 1. The van der Waals surface area contributed by atoms with Gasteiger partial charge in [-0.1, -0.05) is 31.7 Å². The average Bonchev–Trinajstić information content (AvgIpc) is 2.67. The van der Waals surface area contributed by atoms with Crippen molar-refractivity contribution in [1.82, 2.24) is 5.32 Å². The van der Waals surface area contributed by atoms with Crippen LogP contribution in [0.1, 0.15) is 25.0 Å². The highest BCUT2D eigenvalue weighted by atomic mass is 16.9. The summed E-state index contributed by atoms with van der Waals surface area (Å²) in [5, 5.41) is 12.8. The van der Waals surface area contributed by atoms with Crippen molar-refractivity contribution in [2.75, 3.05) is 5.23 Å². The van der Waals surface area contributed by atoms with Crippen LogP contribution in [0.3, 0.4) is 0 Å². The maximum Gasteiger partial charge on any atom is 0.260 e. The van der Waals surface area contributed by atoms with Gasteiger partial charge in [0.25, 0.3) is 5.91 Å². The Morgan fingerprint density at radius 3 is 3.00 bits per heavy atom. The summed E-state index contributed by atoms with van der Waals surface area (Å²) in [5.74, 6) is -0.333. The summed E-state index contributed by atoms with van der Waals surface area (Å²) in [6.07, 6.45) is -0.178. The molecule has 0 saturated heterocycles. The number of carbonyl (C=O) groups is 1. The zero-order chi connectivity index (χ0) is 12.4. The van der Waals surface area contributed by atoms with Crippen LogP contribution in [0.2, 0.25) is 0 Å². The molecule has 2 rings (SSSR count). The second-order valence-corrected chi connectivity index (χ2v) is 3.76. The van der Waals surface area contributed by atoms with Gasteiger partial charge in [-0.3, -0.25) is 10.0 Å². The van der Waals surface area contributed by atoms with Gasteiger partial charge in [-0.25, -0.2) is 4.84 Å². The van der Waals surface area contributed by atoms with Crippen LogP contribution in [-0.4, -0.2) is 11.1 Å². The minimum absolute atomic E-state index is 0.333. The van der Waals surface area contributed by atoms with Gasteiger partial charge in [0, 0.05) is 11.3 Å². The predicted octanol–water partition coefficient (Wildman–Crippen LogP) is 1.91. The number of carbonyl (C=O) groups excluding carboxylic acids is 1. The molecule has 90 valence electrons. The van der Waals surface area contributed by atoms with Gasteiger partial charge < -0.3 is 5.32 Å². The molecule has 1 amide bonds. The molecule has 1 atom stereocenters. The van der Waals surface area contributed by atoms with E-state index in [1.807, 2.05) is 6.92 Å². The van der Waals surface area contributed by atoms with E-state index in [2.05, 4.69) is 11.9 Å². The summed E-state index contributed by atoms with van der Waals surface area (Å²) in [6, 6.07) is 6.97. The van der Waals surface area contributed by atoms with E-state index >= 15 is 0 Å². The summed E-state index contributed by atoms with van der Waals surface area (Å²) >= 11 is 0. The van der Waals surface area contributed by atoms with Gasteiger partial charge in [-0.15, -0.1) is 5.23 Å². The molecule has 5 nitrogen and oxygen atoms in total. The lowest BCUT2D eigenvalue weighted by molar-refractivity contribution is -0.140. The van der Waals surface area contributed by atoms with E-state index in [-0.39, 0.29) is 5.91 Å². The summed E-state index contributed by atoms with van der Waals surface area (Å²) < 4.78 is 0. The summed E-state index contributed by atoms with van der Waals surface area (Å²) in [4.78, 5) is 17.0. The molecule has 2 N–H and O–H groups in total. The highest BCUT2D eigenvalue weighted by molar-refractivity contribution is 5.86. The zero-order valence-corrected chi connectivity index (χ0v) is 9.51. The number of anilines is 1. The molecule has 0 radical (unpaired) electrons. The van der Waals surface area contributed by atoms with E-state index < -0.39 is 6.10 Å². The van der Waals surface area contributed by atoms with Gasteiger partial charge >= 0.3 is 0 Å². The molecule has 0 saturated carbocycles. The van der Waals surface area contributed by atoms with E-state index in [0.29, 0.717) is 28.6 Å². The summed E-state index contributed by atoms with van der Waals surface area (Å²) in [6.45, 7) is 5.59. The monoisotopic (exact) mass is 234 g/mol. The number of nitrogens with one attached hydrogen (secondary N) is 1. The molecule has 0 fully saturated rings. The lowest BCUT2D eigenvalue weighted by Gasteiger charge is -2.12. The van der Waals surface area contributed by atoms with Crippen molar-refractivity contribution >= 4 is 11.6 Å². The van der Waals surface area contributed by atoms with Crippen LogP contribution in [0.4, 0.5) is 5.69 Å². The van der Waals surface area contributed by atoms with Crippen molar-refractivity contribution in [3.8, 4) is 0 Å². The molecule has 5 heteroatoms. The first-order valence-electron chi connectivity index (χ1n) is 5.36. The van der Waals surface area contributed by atoms with E-state index in [0.717, 1.165) is 0 Å². The first-order valence-corrected chi connectivity index (χ1v) is 5.36. The highest BCUT2D eigenvalue weighted by Gasteiger charge is 2.34. The van der Waals surface area contributed by atoms with Gasteiger partial charge in [0.1, 0.15) is 5.69 Å². The van der Waals surface area contributed by atoms with Gasteiger partial charge in [-0.2, -0.15) is 0 Å². The summed E-state index contributed by atoms with van der Waals surface area (Å²) in [7, 11) is 0. The van der Waals surface area contributed by atoms with Crippen LogP contribution in [0.5, 0.6) is 0 Å². The smallest absolute Gasteiger partial charge is 0.260 e. The summed E-state index contributed by atoms with van der Waals surface area (Å²) in [5.41, 5.74) is 1.73. The quantitative estimate of drug-likeness (QED) is 0.838. The van der Waals surface area contributed by atoms with Crippen LogP contribution >= 0.6 is 0 Å². The minimum atomic E-state index is -0.834. The topological polar surface area (TPSA) is 61.8 Å². The molecule has 1 aliphatic heterocycles. The van der Waals surface area contributed by atoms with Crippen LogP contribution in [0.25, 0.3) is 0 Å². The van der Waals surface area contributed by atoms with Crippen molar-refractivity contribution in [2.45, 2.75) is 19.4 Å². The number of hydrogen-bond donors (Lipinski definition) is 2. The van der Waals surface area contributed by atoms with Crippen LogP contribution in [0, 0.1) is 0 Å². The minimum Gasteiger partial charge on any atom is -0.328 e.